The molecule has 4 aromatic rings. The number of phenols is 1. The molecule has 1 aromatic heterocycles. The van der Waals surface area contributed by atoms with Gasteiger partial charge in [-0.05, 0) is 54.2 Å². The molecule has 4 amide bonds. The number of pyridine rings is 1. The van der Waals surface area contributed by atoms with Gasteiger partial charge in [-0.15, -0.1) is 0 Å². The number of methoxy groups -OCH3 is 1. The summed E-state index contributed by atoms with van der Waals surface area (Å²) in [7, 11) is 1.37. The Kier molecular flexibility index (Phi) is 8.92. The van der Waals surface area contributed by atoms with Crippen molar-refractivity contribution in [1.29, 1.82) is 0 Å². The molecule has 2 N–H and O–H groups in total. The van der Waals surface area contributed by atoms with Gasteiger partial charge in [0.15, 0.2) is 17.3 Å². The number of phenolic OH excluding ortho intramolecular Hbond substituents is 1. The second kappa shape index (κ2) is 13.4. The third-order valence-corrected chi connectivity index (χ3v) is 11.9. The molecule has 2 aliphatic carbocycles. The van der Waals surface area contributed by atoms with Gasteiger partial charge in [0.25, 0.3) is 11.8 Å². The van der Waals surface area contributed by atoms with Crippen molar-refractivity contribution in [2.24, 2.45) is 23.7 Å². The maximum atomic E-state index is 15.3. The van der Waals surface area contributed by atoms with E-state index in [0.29, 0.717) is 33.4 Å². The Morgan fingerprint density at radius 2 is 1.67 bits per heavy atom. The zero-order chi connectivity index (χ0) is 39.0. The van der Waals surface area contributed by atoms with Gasteiger partial charge in [0.2, 0.25) is 11.8 Å². The van der Waals surface area contributed by atoms with Gasteiger partial charge in [-0.25, -0.2) is 4.98 Å². The molecule has 4 aliphatic rings. The highest BCUT2D eigenvalue weighted by molar-refractivity contribution is 6.33. The van der Waals surface area contributed by atoms with Crippen LogP contribution in [-0.2, 0) is 37.3 Å². The second-order valence-corrected chi connectivity index (χ2v) is 14.9. The lowest BCUT2D eigenvalue weighted by Gasteiger charge is -2.50. The smallest absolute Gasteiger partial charge is 0.417 e. The number of imide groups is 2. The number of ether oxygens (including phenoxy) is 1. The van der Waals surface area contributed by atoms with Gasteiger partial charge in [-0.3, -0.25) is 29.5 Å². The summed E-state index contributed by atoms with van der Waals surface area (Å²) in [5, 5.41) is 12.3. The highest BCUT2D eigenvalue weighted by Crippen LogP contribution is 2.65. The zero-order valence-corrected chi connectivity index (χ0v) is 30.4. The van der Waals surface area contributed by atoms with Crippen molar-refractivity contribution in [3.63, 3.8) is 0 Å². The highest BCUT2D eigenvalue weighted by Gasteiger charge is 2.70. The number of anilines is 1. The van der Waals surface area contributed by atoms with Gasteiger partial charge >= 0.3 is 6.18 Å². The number of benzene rings is 3. The van der Waals surface area contributed by atoms with E-state index in [4.69, 9.17) is 27.9 Å². The predicted octanol–water partition coefficient (Wildman–Crippen LogP) is 7.31. The molecule has 3 heterocycles. The lowest BCUT2D eigenvalue weighted by molar-refractivity contribution is -0.142. The second-order valence-electron chi connectivity index (χ2n) is 14.1. The number of likely N-dealkylation sites (tertiary alicyclic amines) is 1. The summed E-state index contributed by atoms with van der Waals surface area (Å²) in [4.78, 5) is 63.5. The summed E-state index contributed by atoms with van der Waals surface area (Å²) >= 11 is 12.6. The number of halogens is 5. The highest BCUT2D eigenvalue weighted by atomic mass is 35.5. The van der Waals surface area contributed by atoms with Crippen LogP contribution in [-0.4, -0.2) is 50.7 Å². The molecule has 0 spiro atoms. The maximum absolute atomic E-state index is 15.3. The fraction of sp³-hybridized carbons (Fsp3) is 0.275. The van der Waals surface area contributed by atoms with E-state index in [1.54, 1.807) is 36.4 Å². The molecule has 15 heteroatoms. The lowest BCUT2D eigenvalue weighted by Crippen LogP contribution is -2.53. The number of alkyl halides is 3. The number of carbonyl (C=O) groups excluding carboxylic acids is 4. The molecule has 10 nitrogen and oxygen atoms in total. The number of aromatic hydroxyl groups is 1. The van der Waals surface area contributed by atoms with Gasteiger partial charge in [0.05, 0.1) is 47.4 Å². The van der Waals surface area contributed by atoms with Crippen LogP contribution in [0.1, 0.15) is 41.0 Å². The summed E-state index contributed by atoms with van der Waals surface area (Å²) in [5.41, 5.74) is 1.55. The maximum Gasteiger partial charge on any atom is 0.417 e. The summed E-state index contributed by atoms with van der Waals surface area (Å²) in [6.45, 7) is 0.0573. The number of nitrogens with zero attached hydrogens (tertiary/aromatic N) is 3. The van der Waals surface area contributed by atoms with Gasteiger partial charge < -0.3 is 9.84 Å². The third-order valence-electron chi connectivity index (χ3n) is 11.4. The third kappa shape index (κ3) is 5.66. The number of hydrogen-bond donors (Lipinski definition) is 2. The number of nitrogens with one attached hydrogen (secondary N) is 1. The summed E-state index contributed by atoms with van der Waals surface area (Å²) in [5.74, 6) is -7.62. The fourth-order valence-electron chi connectivity index (χ4n) is 9.05. The fourth-order valence-corrected chi connectivity index (χ4v) is 9.39. The monoisotopic (exact) mass is 790 g/mol. The molecule has 0 radical (unpaired) electrons. The number of amides is 4. The first kappa shape index (κ1) is 36.6. The number of carbonyl (C=O) groups is 4. The minimum Gasteiger partial charge on any atom is -0.504 e. The topological polar surface area (TPSA) is 129 Å². The Hall–Kier alpha value is -5.40. The molecule has 3 aromatic carbocycles. The average Bonchev–Trinajstić information content (AvgIpc) is 3.53. The lowest BCUT2D eigenvalue weighted by atomic mass is 9.49. The minimum absolute atomic E-state index is 0.0573. The normalized spacial score (nSPS) is 26.1. The zero-order valence-electron chi connectivity index (χ0n) is 28.9. The van der Waals surface area contributed by atoms with Crippen LogP contribution in [0.5, 0.6) is 11.5 Å². The molecule has 2 aliphatic heterocycles. The summed E-state index contributed by atoms with van der Waals surface area (Å²) in [6.07, 6.45) is -2.30. The molecule has 282 valence electrons. The number of fused-ring (bicyclic) bond motifs is 4. The first-order valence-electron chi connectivity index (χ1n) is 17.4. The quantitative estimate of drug-likeness (QED) is 0.147. The van der Waals surface area contributed by atoms with Crippen LogP contribution in [0.3, 0.4) is 0 Å². The summed E-state index contributed by atoms with van der Waals surface area (Å²) in [6, 6.07) is 20.8. The van der Waals surface area contributed by atoms with Crippen molar-refractivity contribution in [3.8, 4) is 11.5 Å². The average molecular weight is 792 g/mol. The molecular weight excluding hydrogens is 760 g/mol. The SMILES string of the molecule is COc1cccc(C2C3=CCC4C(=O)N(Cc5ccccc5)C(=O)C4C3CC3C(=O)N(Nc4ncc(C(F)(F)F)cc4Cl)C(=O)C32c2ccc(Cl)cc2)c1O. The van der Waals surface area contributed by atoms with Gasteiger partial charge in [0, 0.05) is 22.7 Å². The van der Waals surface area contributed by atoms with Crippen molar-refractivity contribution in [1.82, 2.24) is 14.9 Å². The Morgan fingerprint density at radius 1 is 0.945 bits per heavy atom. The molecule has 6 unspecified atom stereocenters. The predicted molar refractivity (Wildman–Crippen MR) is 194 cm³/mol. The van der Waals surface area contributed by atoms with Crippen molar-refractivity contribution in [2.45, 2.75) is 36.9 Å². The van der Waals surface area contributed by atoms with Crippen LogP contribution in [0, 0.1) is 23.7 Å². The van der Waals surface area contributed by atoms with Crippen molar-refractivity contribution in [3.05, 3.63) is 129 Å². The molecule has 8 rings (SSSR count). The van der Waals surface area contributed by atoms with Crippen LogP contribution >= 0.6 is 23.2 Å². The largest absolute Gasteiger partial charge is 0.504 e. The van der Waals surface area contributed by atoms with Gasteiger partial charge in [0.1, 0.15) is 0 Å². The number of para-hydroxylation sites is 1. The van der Waals surface area contributed by atoms with E-state index in [1.807, 2.05) is 36.4 Å². The van der Waals surface area contributed by atoms with Crippen LogP contribution < -0.4 is 10.2 Å². The van der Waals surface area contributed by atoms with E-state index in [1.165, 1.54) is 18.1 Å². The van der Waals surface area contributed by atoms with E-state index in [0.717, 1.165) is 5.56 Å². The molecule has 3 fully saturated rings. The molecule has 1 saturated carbocycles. The molecule has 2 saturated heterocycles. The van der Waals surface area contributed by atoms with Crippen LogP contribution in [0.15, 0.2) is 96.7 Å². The Bertz CT molecular complexity index is 2290. The Labute approximate surface area is 322 Å². The number of allylic oxidation sites excluding steroid dienone is 2. The number of hydrogen-bond acceptors (Lipinski definition) is 8. The Balaban J connectivity index is 1.31. The first-order chi connectivity index (χ1) is 26.3. The van der Waals surface area contributed by atoms with E-state index in [2.05, 4.69) is 10.4 Å². The van der Waals surface area contributed by atoms with E-state index in [-0.39, 0.29) is 48.2 Å². The number of hydrazine groups is 1. The van der Waals surface area contributed by atoms with Crippen molar-refractivity contribution < 1.29 is 42.2 Å². The standard InChI is InChI=1S/C40H31Cl2F3N4O6/c1-55-30-9-5-8-26(33(30)50)32-24-14-15-25-31(37(53)48(35(25)51)19-20-6-3-2-4-7-20)27(24)17-28-36(52)49(38(54)39(28,32)21-10-12-23(41)13-11-21)47-34-29(42)16-22(18-46-34)40(43,44)45/h2-14,16,18,25,27-28,31-32,50H,15,17,19H2,1H3,(H,46,47). The van der Waals surface area contributed by atoms with Crippen molar-refractivity contribution in [2.75, 3.05) is 12.5 Å². The van der Waals surface area contributed by atoms with Crippen LogP contribution in [0.2, 0.25) is 10.0 Å². The number of aromatic nitrogens is 1. The van der Waals surface area contributed by atoms with Gasteiger partial charge in [-0.1, -0.05) is 89.4 Å². The van der Waals surface area contributed by atoms with E-state index in [9.17, 15) is 32.7 Å². The van der Waals surface area contributed by atoms with Crippen LogP contribution in [0.4, 0.5) is 19.0 Å². The molecule has 6 atom stereocenters. The van der Waals surface area contributed by atoms with E-state index >= 15 is 4.79 Å². The Morgan fingerprint density at radius 3 is 2.35 bits per heavy atom. The summed E-state index contributed by atoms with van der Waals surface area (Å²) < 4.78 is 45.9. The van der Waals surface area contributed by atoms with E-state index < -0.39 is 69.5 Å². The number of rotatable bonds is 7. The molecule has 55 heavy (non-hydrogen) atoms. The minimum atomic E-state index is -4.76. The molecule has 0 bridgehead atoms. The van der Waals surface area contributed by atoms with Crippen LogP contribution in [0.25, 0.3) is 0 Å². The van der Waals surface area contributed by atoms with Crippen molar-refractivity contribution >= 4 is 52.6 Å². The molecular formula is C40H31Cl2F3N4O6. The van der Waals surface area contributed by atoms with Gasteiger partial charge in [-0.2, -0.15) is 18.2 Å². The first-order valence-corrected chi connectivity index (χ1v) is 18.1.